The third-order valence-corrected chi connectivity index (χ3v) is 8.16. The van der Waals surface area contributed by atoms with Crippen LogP contribution in [0, 0.1) is 5.92 Å². The SMILES string of the molecule is CO[C@]12C[C@@H](COC(=O)c3cncc(Br)c3)CN(C)[C@@H]1Cc1cn(C)c3cccc2c13.O=C(O)C(O)C(O)C(=O)O. The van der Waals surface area contributed by atoms with Gasteiger partial charge >= 0.3 is 17.9 Å². The third kappa shape index (κ3) is 5.99. The summed E-state index contributed by atoms with van der Waals surface area (Å²) in [7, 11) is 6.07. The maximum Gasteiger partial charge on any atom is 0.339 e. The van der Waals surface area contributed by atoms with Crippen LogP contribution in [0.5, 0.6) is 0 Å². The van der Waals surface area contributed by atoms with Gasteiger partial charge in [-0.1, -0.05) is 12.1 Å². The number of esters is 1. The lowest BCUT2D eigenvalue weighted by molar-refractivity contribution is -0.165. The monoisotopic (exact) mass is 633 g/mol. The lowest BCUT2D eigenvalue weighted by Gasteiger charge is -2.53. The molecular formula is C28H32BrN3O9. The van der Waals surface area contributed by atoms with Crippen molar-refractivity contribution in [1.29, 1.82) is 0 Å². The van der Waals surface area contributed by atoms with E-state index >= 15 is 0 Å². The van der Waals surface area contributed by atoms with E-state index in [2.05, 4.69) is 68.9 Å². The fraction of sp³-hybridized carbons (Fsp3) is 0.429. The van der Waals surface area contributed by atoms with Gasteiger partial charge in [-0.25, -0.2) is 14.4 Å². The van der Waals surface area contributed by atoms with Gasteiger partial charge in [0.2, 0.25) is 0 Å². The number of halogens is 1. The van der Waals surface area contributed by atoms with E-state index < -0.39 is 29.7 Å². The highest BCUT2D eigenvalue weighted by Crippen LogP contribution is 2.49. The first-order valence-electron chi connectivity index (χ1n) is 12.8. The van der Waals surface area contributed by atoms with Crippen LogP contribution in [0.4, 0.5) is 0 Å². The summed E-state index contributed by atoms with van der Waals surface area (Å²) < 4.78 is 15.0. The molecular weight excluding hydrogens is 602 g/mol. The summed E-state index contributed by atoms with van der Waals surface area (Å²) in [5.74, 6) is -3.71. The van der Waals surface area contributed by atoms with Crippen LogP contribution in [0.15, 0.2) is 47.3 Å². The van der Waals surface area contributed by atoms with E-state index in [1.54, 1.807) is 12.3 Å². The van der Waals surface area contributed by atoms with Crippen molar-refractivity contribution in [1.82, 2.24) is 14.5 Å². The van der Waals surface area contributed by atoms with Gasteiger partial charge in [0.25, 0.3) is 0 Å². The Morgan fingerprint density at radius 2 is 1.83 bits per heavy atom. The number of pyridine rings is 1. The van der Waals surface area contributed by atoms with Crippen LogP contribution < -0.4 is 0 Å². The van der Waals surface area contributed by atoms with Crippen molar-refractivity contribution in [2.24, 2.45) is 13.0 Å². The van der Waals surface area contributed by atoms with Gasteiger partial charge in [-0.3, -0.25) is 9.88 Å². The Morgan fingerprint density at radius 3 is 2.44 bits per heavy atom. The molecule has 0 bridgehead atoms. The minimum atomic E-state index is -2.27. The summed E-state index contributed by atoms with van der Waals surface area (Å²) >= 11 is 3.35. The lowest BCUT2D eigenvalue weighted by atomic mass is 9.69. The minimum Gasteiger partial charge on any atom is -0.479 e. The maximum absolute atomic E-state index is 12.5. The molecule has 0 spiro atoms. The Labute approximate surface area is 244 Å². The number of likely N-dealkylation sites (N-methyl/N-ethyl adjacent to an activating group) is 1. The van der Waals surface area contributed by atoms with Crippen LogP contribution in [0.1, 0.15) is 27.9 Å². The molecule has 2 aliphatic rings. The molecule has 12 nitrogen and oxygen atoms in total. The Morgan fingerprint density at radius 1 is 1.15 bits per heavy atom. The standard InChI is InChI=1S/C24H26BrN3O3.C4H6O6/c1-27-13-17-8-21-24(30-3,19-5-4-6-20(27)22(17)19)9-15(12-28(21)2)14-31-23(29)16-7-18(25)11-26-10-16;5-1(3(7)8)2(6)4(9)10/h4-7,10-11,13,15,21H,8-9,12,14H2,1-3H3;1-2,5-6H,(H,7,8)(H,9,10)/t15-,21-,24+;/m1./s1. The maximum atomic E-state index is 12.5. The molecule has 4 N–H and O–H groups in total. The number of ether oxygens (including phenoxy) is 2. The highest BCUT2D eigenvalue weighted by molar-refractivity contribution is 9.10. The number of hydrogen-bond acceptors (Lipinski definition) is 9. The van der Waals surface area contributed by atoms with Crippen molar-refractivity contribution < 1.29 is 44.3 Å². The van der Waals surface area contributed by atoms with E-state index in [0.717, 1.165) is 23.9 Å². The van der Waals surface area contributed by atoms with Crippen molar-refractivity contribution in [3.05, 3.63) is 64.0 Å². The quantitative estimate of drug-likeness (QED) is 0.279. The highest BCUT2D eigenvalue weighted by Gasteiger charge is 2.51. The highest BCUT2D eigenvalue weighted by atomic mass is 79.9. The summed E-state index contributed by atoms with van der Waals surface area (Å²) in [6.45, 7) is 1.21. The molecule has 3 heterocycles. The number of likely N-dealkylation sites (tertiary alicyclic amines) is 1. The Kier molecular flexibility index (Phi) is 9.14. The molecule has 1 fully saturated rings. The van der Waals surface area contributed by atoms with Gasteiger partial charge in [0.05, 0.1) is 12.2 Å². The van der Waals surface area contributed by atoms with E-state index in [9.17, 15) is 14.4 Å². The molecule has 0 radical (unpaired) electrons. The van der Waals surface area contributed by atoms with Crippen molar-refractivity contribution in [3.63, 3.8) is 0 Å². The zero-order valence-electron chi connectivity index (χ0n) is 22.7. The largest absolute Gasteiger partial charge is 0.479 e. The average molecular weight is 634 g/mol. The Bertz CT molecular complexity index is 1440. The normalized spacial score (nSPS) is 23.1. The van der Waals surface area contributed by atoms with Crippen LogP contribution in [0.2, 0.25) is 0 Å². The number of piperidine rings is 1. The molecule has 2 aromatic heterocycles. The zero-order chi connectivity index (χ0) is 30.1. The Balaban J connectivity index is 0.000000334. The second kappa shape index (κ2) is 12.2. The zero-order valence-corrected chi connectivity index (χ0v) is 24.3. The first kappa shape index (κ1) is 30.6. The molecule has 1 aliphatic heterocycles. The number of carbonyl (C=O) groups excluding carboxylic acids is 1. The molecule has 5 rings (SSSR count). The number of benzene rings is 1. The molecule has 0 saturated carbocycles. The first-order valence-corrected chi connectivity index (χ1v) is 13.6. The number of aliphatic hydroxyl groups excluding tert-OH is 2. The van der Waals surface area contributed by atoms with Gasteiger partial charge in [-0.15, -0.1) is 0 Å². The van der Waals surface area contributed by atoms with E-state index in [0.29, 0.717) is 12.2 Å². The van der Waals surface area contributed by atoms with Gasteiger partial charge in [0.1, 0.15) is 5.60 Å². The molecule has 0 amide bonds. The van der Waals surface area contributed by atoms with Gasteiger partial charge in [-0.2, -0.15) is 0 Å². The number of hydrogen-bond donors (Lipinski definition) is 4. The average Bonchev–Trinajstić information content (AvgIpc) is 3.27. The minimum absolute atomic E-state index is 0.172. The predicted octanol–water partition coefficient (Wildman–Crippen LogP) is 1.79. The topological polar surface area (TPSA) is 172 Å². The number of aromatic nitrogens is 2. The number of aryl methyl sites for hydroxylation is 1. The van der Waals surface area contributed by atoms with Crippen LogP contribution >= 0.6 is 15.9 Å². The summed E-state index contributed by atoms with van der Waals surface area (Å²) in [6, 6.07) is 8.47. The van der Waals surface area contributed by atoms with Crippen LogP contribution in [0.25, 0.3) is 10.9 Å². The molecule has 1 saturated heterocycles. The number of carboxylic acid groups (broad SMARTS) is 2. The van der Waals surface area contributed by atoms with Crippen LogP contribution in [0.3, 0.4) is 0 Å². The number of rotatable bonds is 7. The van der Waals surface area contributed by atoms with Crippen molar-refractivity contribution in [2.45, 2.75) is 36.7 Å². The third-order valence-electron chi connectivity index (χ3n) is 7.73. The summed E-state index contributed by atoms with van der Waals surface area (Å²) in [6.07, 6.45) is 2.67. The van der Waals surface area contributed by atoms with E-state index in [1.807, 2.05) is 7.11 Å². The number of aliphatic hydroxyl groups is 2. The molecule has 13 heteroatoms. The fourth-order valence-corrected chi connectivity index (χ4v) is 6.26. The second-order valence-electron chi connectivity index (χ2n) is 10.3. The number of methoxy groups -OCH3 is 1. The molecule has 2 unspecified atom stereocenters. The molecule has 1 aliphatic carbocycles. The van der Waals surface area contributed by atoms with Crippen molar-refractivity contribution in [3.8, 4) is 0 Å². The van der Waals surface area contributed by atoms with Gasteiger partial charge in [-0.05, 0) is 59.1 Å². The van der Waals surface area contributed by atoms with E-state index in [4.69, 9.17) is 29.9 Å². The molecule has 5 atom stereocenters. The summed E-state index contributed by atoms with van der Waals surface area (Å²) in [5, 5.41) is 33.8. The number of fused-ring (bicyclic) bond motifs is 2. The molecule has 41 heavy (non-hydrogen) atoms. The number of carbonyl (C=O) groups is 3. The fourth-order valence-electron chi connectivity index (χ4n) is 5.90. The number of aliphatic carboxylic acids is 2. The number of nitrogens with zero attached hydrogens (tertiary/aromatic N) is 3. The molecule has 1 aromatic carbocycles. The van der Waals surface area contributed by atoms with Gasteiger partial charge in [0.15, 0.2) is 12.2 Å². The van der Waals surface area contributed by atoms with E-state index in [-0.39, 0.29) is 17.9 Å². The first-order chi connectivity index (χ1) is 19.4. The summed E-state index contributed by atoms with van der Waals surface area (Å²) in [4.78, 5) is 38.5. The smallest absolute Gasteiger partial charge is 0.339 e. The lowest BCUT2D eigenvalue weighted by Crippen LogP contribution is -2.59. The van der Waals surface area contributed by atoms with Crippen LogP contribution in [-0.4, -0.2) is 98.3 Å². The molecule has 3 aromatic rings. The van der Waals surface area contributed by atoms with Gasteiger partial charge in [0, 0.05) is 66.6 Å². The van der Waals surface area contributed by atoms with Crippen molar-refractivity contribution >= 4 is 44.7 Å². The van der Waals surface area contributed by atoms with Crippen LogP contribution in [-0.2, 0) is 38.1 Å². The summed E-state index contributed by atoms with van der Waals surface area (Å²) in [5.41, 5.74) is 3.90. The predicted molar refractivity (Wildman–Crippen MR) is 149 cm³/mol. The van der Waals surface area contributed by atoms with E-state index in [1.165, 1.54) is 28.2 Å². The van der Waals surface area contributed by atoms with Gasteiger partial charge < -0.3 is 34.5 Å². The second-order valence-corrected chi connectivity index (χ2v) is 11.3. The Hall–Kier alpha value is -3.36. The van der Waals surface area contributed by atoms with Crippen molar-refractivity contribution in [2.75, 3.05) is 27.3 Å². The molecule has 220 valence electrons. The number of carboxylic acids is 2.